The van der Waals surface area contributed by atoms with Crippen LogP contribution in [0.3, 0.4) is 0 Å². The van der Waals surface area contributed by atoms with Gasteiger partial charge in [-0.05, 0) is 49.2 Å². The summed E-state index contributed by atoms with van der Waals surface area (Å²) in [5, 5.41) is 0. The number of ether oxygens (including phenoxy) is 1. The highest BCUT2D eigenvalue weighted by molar-refractivity contribution is 9.10. The molecule has 18 heavy (non-hydrogen) atoms. The second-order valence-electron chi connectivity index (χ2n) is 4.22. The van der Waals surface area contributed by atoms with Crippen molar-refractivity contribution >= 4 is 15.9 Å². The lowest BCUT2D eigenvalue weighted by Gasteiger charge is -2.11. The van der Waals surface area contributed by atoms with Crippen LogP contribution in [0.5, 0.6) is 5.75 Å². The number of nitrogens with two attached hydrogens (primary N) is 1. The molecule has 0 spiro atoms. The highest BCUT2D eigenvalue weighted by Gasteiger charge is 2.13. The summed E-state index contributed by atoms with van der Waals surface area (Å²) in [5.74, 6) is 2.52. The Morgan fingerprint density at radius 3 is 2.72 bits per heavy atom. The van der Waals surface area contributed by atoms with E-state index in [1.54, 1.807) is 7.11 Å². The molecule has 0 aliphatic carbocycles. The number of aryl methyl sites for hydroxylation is 1. The molecule has 3 nitrogen and oxygen atoms in total. The number of hydrogen-bond acceptors (Lipinski definition) is 3. The first-order chi connectivity index (χ1) is 8.60. The molecule has 96 valence electrons. The van der Waals surface area contributed by atoms with E-state index < -0.39 is 0 Å². The van der Waals surface area contributed by atoms with E-state index in [0.717, 1.165) is 27.3 Å². The van der Waals surface area contributed by atoms with Gasteiger partial charge in [-0.2, -0.15) is 0 Å². The highest BCUT2D eigenvalue weighted by Crippen LogP contribution is 2.27. The van der Waals surface area contributed by atoms with Crippen molar-refractivity contribution in [1.82, 2.24) is 0 Å². The monoisotopic (exact) mass is 309 g/mol. The molecule has 2 N–H and O–H groups in total. The number of rotatable bonds is 4. The van der Waals surface area contributed by atoms with Crippen molar-refractivity contribution in [2.24, 2.45) is 5.73 Å². The molecule has 0 aliphatic rings. The molecule has 0 aliphatic heterocycles. The third-order valence-corrected chi connectivity index (χ3v) is 3.59. The van der Waals surface area contributed by atoms with Crippen molar-refractivity contribution in [2.75, 3.05) is 7.11 Å². The molecule has 4 heteroatoms. The summed E-state index contributed by atoms with van der Waals surface area (Å²) in [6.07, 6.45) is 0.699. The van der Waals surface area contributed by atoms with Gasteiger partial charge in [0, 0.05) is 4.47 Å². The first-order valence-corrected chi connectivity index (χ1v) is 6.54. The molecule has 1 unspecified atom stereocenters. The maximum atomic E-state index is 6.15. The van der Waals surface area contributed by atoms with Gasteiger partial charge in [-0.25, -0.2) is 0 Å². The zero-order valence-electron chi connectivity index (χ0n) is 10.4. The van der Waals surface area contributed by atoms with Crippen LogP contribution in [-0.2, 0) is 6.42 Å². The van der Waals surface area contributed by atoms with E-state index in [1.807, 2.05) is 37.3 Å². The van der Waals surface area contributed by atoms with Crippen molar-refractivity contribution in [3.63, 3.8) is 0 Å². The summed E-state index contributed by atoms with van der Waals surface area (Å²) in [6, 6.07) is 9.57. The van der Waals surface area contributed by atoms with Crippen LogP contribution in [0.15, 0.2) is 39.2 Å². The van der Waals surface area contributed by atoms with E-state index in [4.69, 9.17) is 14.9 Å². The van der Waals surface area contributed by atoms with Crippen LogP contribution in [0.1, 0.15) is 23.1 Å². The predicted molar refractivity (Wildman–Crippen MR) is 74.8 cm³/mol. The van der Waals surface area contributed by atoms with Gasteiger partial charge >= 0.3 is 0 Å². The summed E-state index contributed by atoms with van der Waals surface area (Å²) < 4.78 is 11.8. The van der Waals surface area contributed by atoms with Crippen LogP contribution < -0.4 is 10.5 Å². The minimum absolute atomic E-state index is 0.151. The number of methoxy groups -OCH3 is 1. The van der Waals surface area contributed by atoms with Crippen molar-refractivity contribution in [1.29, 1.82) is 0 Å². The molecule has 1 aromatic carbocycles. The molecule has 2 rings (SSSR count). The largest absolute Gasteiger partial charge is 0.497 e. The summed E-state index contributed by atoms with van der Waals surface area (Å²) >= 11 is 3.52. The van der Waals surface area contributed by atoms with Crippen LogP contribution in [0.4, 0.5) is 0 Å². The molecule has 0 amide bonds. The summed E-state index contributed by atoms with van der Waals surface area (Å²) in [6.45, 7) is 1.91. The van der Waals surface area contributed by atoms with E-state index in [0.29, 0.717) is 6.42 Å². The van der Waals surface area contributed by atoms with Crippen LogP contribution in [0.2, 0.25) is 0 Å². The molecule has 1 atom stereocenters. The zero-order valence-corrected chi connectivity index (χ0v) is 12.0. The minimum atomic E-state index is -0.151. The van der Waals surface area contributed by atoms with E-state index in [2.05, 4.69) is 15.9 Å². The Labute approximate surface area is 115 Å². The van der Waals surface area contributed by atoms with Crippen LogP contribution in [-0.4, -0.2) is 7.11 Å². The third kappa shape index (κ3) is 2.94. The zero-order chi connectivity index (χ0) is 13.1. The summed E-state index contributed by atoms with van der Waals surface area (Å²) in [4.78, 5) is 0. The molecule has 0 saturated heterocycles. The molecule has 1 aromatic heterocycles. The van der Waals surface area contributed by atoms with Gasteiger partial charge < -0.3 is 14.9 Å². The van der Waals surface area contributed by atoms with E-state index in [1.165, 1.54) is 0 Å². The molecule has 0 fully saturated rings. The van der Waals surface area contributed by atoms with E-state index in [-0.39, 0.29) is 6.04 Å². The maximum Gasteiger partial charge on any atom is 0.121 e. The summed E-state index contributed by atoms with van der Waals surface area (Å²) in [7, 11) is 1.66. The number of furan rings is 1. The van der Waals surface area contributed by atoms with Gasteiger partial charge in [-0.1, -0.05) is 15.9 Å². The van der Waals surface area contributed by atoms with Gasteiger partial charge in [0.15, 0.2) is 0 Å². The second kappa shape index (κ2) is 5.59. The lowest BCUT2D eigenvalue weighted by molar-refractivity contribution is 0.413. The first kappa shape index (κ1) is 13.2. The minimum Gasteiger partial charge on any atom is -0.497 e. The van der Waals surface area contributed by atoms with Crippen LogP contribution >= 0.6 is 15.9 Å². The first-order valence-electron chi connectivity index (χ1n) is 5.74. The SMILES string of the molecule is COc1ccc(Br)c(CC(N)c2ccc(C)o2)c1. The van der Waals surface area contributed by atoms with Gasteiger partial charge in [0.2, 0.25) is 0 Å². The predicted octanol–water partition coefficient (Wildman–Crippen LogP) is 3.60. The molecular weight excluding hydrogens is 294 g/mol. The maximum absolute atomic E-state index is 6.15. The van der Waals surface area contributed by atoms with Crippen molar-refractivity contribution in [3.8, 4) is 5.75 Å². The highest BCUT2D eigenvalue weighted by atomic mass is 79.9. The third-order valence-electron chi connectivity index (χ3n) is 2.82. The smallest absolute Gasteiger partial charge is 0.121 e. The number of benzene rings is 1. The Balaban J connectivity index is 2.18. The second-order valence-corrected chi connectivity index (χ2v) is 5.07. The Bertz CT molecular complexity index is 536. The Morgan fingerprint density at radius 2 is 2.11 bits per heavy atom. The van der Waals surface area contributed by atoms with Crippen LogP contribution in [0, 0.1) is 6.92 Å². The fourth-order valence-corrected chi connectivity index (χ4v) is 2.23. The lowest BCUT2D eigenvalue weighted by atomic mass is 10.0. The Kier molecular flexibility index (Phi) is 4.09. The fraction of sp³-hybridized carbons (Fsp3) is 0.286. The Morgan fingerprint density at radius 1 is 1.33 bits per heavy atom. The average Bonchev–Trinajstić information content (AvgIpc) is 2.79. The van der Waals surface area contributed by atoms with Crippen molar-refractivity contribution in [2.45, 2.75) is 19.4 Å². The van der Waals surface area contributed by atoms with Gasteiger partial charge in [0.25, 0.3) is 0 Å². The molecule has 1 heterocycles. The van der Waals surface area contributed by atoms with Crippen molar-refractivity contribution in [3.05, 3.63) is 51.9 Å². The van der Waals surface area contributed by atoms with Gasteiger partial charge in [-0.15, -0.1) is 0 Å². The fourth-order valence-electron chi connectivity index (χ4n) is 1.82. The average molecular weight is 310 g/mol. The molecule has 0 radical (unpaired) electrons. The normalized spacial score (nSPS) is 12.4. The quantitative estimate of drug-likeness (QED) is 0.938. The number of hydrogen-bond donors (Lipinski definition) is 1. The van der Waals surface area contributed by atoms with E-state index >= 15 is 0 Å². The van der Waals surface area contributed by atoms with Crippen molar-refractivity contribution < 1.29 is 9.15 Å². The molecule has 0 saturated carbocycles. The topological polar surface area (TPSA) is 48.4 Å². The molecular formula is C14H16BrNO2. The Hall–Kier alpha value is -1.26. The molecule has 0 bridgehead atoms. The molecule has 2 aromatic rings. The van der Waals surface area contributed by atoms with Gasteiger partial charge in [0.05, 0.1) is 13.2 Å². The number of halogens is 1. The van der Waals surface area contributed by atoms with Gasteiger partial charge in [0.1, 0.15) is 17.3 Å². The van der Waals surface area contributed by atoms with E-state index in [9.17, 15) is 0 Å². The standard InChI is InChI=1S/C14H16BrNO2/c1-9-3-6-14(18-9)13(16)8-10-7-11(17-2)4-5-12(10)15/h3-7,13H,8,16H2,1-2H3. The lowest BCUT2D eigenvalue weighted by Crippen LogP contribution is -2.12. The van der Waals surface area contributed by atoms with Gasteiger partial charge in [-0.3, -0.25) is 0 Å². The van der Waals surface area contributed by atoms with Crippen LogP contribution in [0.25, 0.3) is 0 Å². The summed E-state index contributed by atoms with van der Waals surface area (Å²) in [5.41, 5.74) is 7.25.